The second-order valence-corrected chi connectivity index (χ2v) is 7.28. The number of aliphatic imine (C=N–C) groups is 1. The molecule has 0 bridgehead atoms. The van der Waals surface area contributed by atoms with Crippen molar-refractivity contribution in [1.29, 1.82) is 0 Å². The highest BCUT2D eigenvalue weighted by Gasteiger charge is 2.23. The molecule has 2 aliphatic heterocycles. The van der Waals surface area contributed by atoms with Crippen LogP contribution in [0.1, 0.15) is 19.4 Å². The van der Waals surface area contributed by atoms with Gasteiger partial charge in [0.25, 0.3) is 0 Å². The Kier molecular flexibility index (Phi) is 9.60. The molecular formula is C20H33IN4O3. The first-order valence-electron chi connectivity index (χ1n) is 9.82. The maximum atomic E-state index is 5.48. The van der Waals surface area contributed by atoms with Crippen LogP contribution < -0.4 is 20.1 Å². The van der Waals surface area contributed by atoms with Crippen LogP contribution in [0.3, 0.4) is 0 Å². The highest BCUT2D eigenvalue weighted by molar-refractivity contribution is 14.0. The highest BCUT2D eigenvalue weighted by atomic mass is 127. The van der Waals surface area contributed by atoms with Crippen LogP contribution in [0.4, 0.5) is 0 Å². The monoisotopic (exact) mass is 504 g/mol. The Bertz CT molecular complexity index is 636. The molecule has 1 atom stereocenters. The van der Waals surface area contributed by atoms with E-state index in [0.717, 1.165) is 63.3 Å². The summed E-state index contributed by atoms with van der Waals surface area (Å²) in [6, 6.07) is 6.58. The van der Waals surface area contributed by atoms with Crippen LogP contribution in [-0.4, -0.2) is 70.1 Å². The average molecular weight is 504 g/mol. The van der Waals surface area contributed by atoms with E-state index in [1.807, 2.05) is 19.2 Å². The van der Waals surface area contributed by atoms with Crippen LogP contribution >= 0.6 is 24.0 Å². The van der Waals surface area contributed by atoms with E-state index in [-0.39, 0.29) is 24.0 Å². The number of nitrogens with one attached hydrogen (secondary N) is 2. The molecule has 0 spiro atoms. The minimum absolute atomic E-state index is 0. The van der Waals surface area contributed by atoms with Crippen molar-refractivity contribution in [3.8, 4) is 11.5 Å². The molecule has 28 heavy (non-hydrogen) atoms. The first kappa shape index (κ1) is 23.0. The third kappa shape index (κ3) is 6.38. The van der Waals surface area contributed by atoms with Gasteiger partial charge in [0.1, 0.15) is 0 Å². The summed E-state index contributed by atoms with van der Waals surface area (Å²) >= 11 is 0. The molecule has 1 aromatic rings. The van der Waals surface area contributed by atoms with Crippen molar-refractivity contribution >= 4 is 29.9 Å². The molecule has 2 heterocycles. The van der Waals surface area contributed by atoms with Gasteiger partial charge in [-0.2, -0.15) is 0 Å². The van der Waals surface area contributed by atoms with E-state index < -0.39 is 0 Å². The van der Waals surface area contributed by atoms with Gasteiger partial charge in [-0.3, -0.25) is 9.89 Å². The van der Waals surface area contributed by atoms with Crippen LogP contribution in [0.2, 0.25) is 0 Å². The Morgan fingerprint density at radius 2 is 1.89 bits per heavy atom. The molecule has 0 amide bonds. The SMILES string of the molecule is CN=C(NCCc1ccc2c(c1)OCO2)NCC(C(C)C)N1CCOCC1.I. The smallest absolute Gasteiger partial charge is 0.231 e. The number of fused-ring (bicyclic) bond motifs is 1. The van der Waals surface area contributed by atoms with Crippen molar-refractivity contribution in [1.82, 2.24) is 15.5 Å². The Morgan fingerprint density at radius 1 is 1.14 bits per heavy atom. The lowest BCUT2D eigenvalue weighted by Crippen LogP contribution is -2.52. The van der Waals surface area contributed by atoms with Crippen molar-refractivity contribution in [2.24, 2.45) is 10.9 Å². The summed E-state index contributed by atoms with van der Waals surface area (Å²) in [5, 5.41) is 6.89. The van der Waals surface area contributed by atoms with Gasteiger partial charge in [-0.15, -0.1) is 24.0 Å². The van der Waals surface area contributed by atoms with Gasteiger partial charge >= 0.3 is 0 Å². The summed E-state index contributed by atoms with van der Waals surface area (Å²) in [7, 11) is 1.81. The number of hydrogen-bond donors (Lipinski definition) is 2. The third-order valence-corrected chi connectivity index (χ3v) is 5.13. The maximum absolute atomic E-state index is 5.48. The zero-order valence-corrected chi connectivity index (χ0v) is 19.4. The van der Waals surface area contributed by atoms with E-state index in [0.29, 0.717) is 18.8 Å². The Labute approximate surface area is 185 Å². The fourth-order valence-electron chi connectivity index (χ4n) is 3.54. The Balaban J connectivity index is 0.00000280. The van der Waals surface area contributed by atoms with Crippen molar-refractivity contribution in [2.45, 2.75) is 26.3 Å². The molecule has 1 fully saturated rings. The zero-order valence-electron chi connectivity index (χ0n) is 17.1. The number of halogens is 1. The fraction of sp³-hybridized carbons (Fsp3) is 0.650. The number of ether oxygens (including phenoxy) is 3. The molecule has 8 heteroatoms. The van der Waals surface area contributed by atoms with E-state index in [1.54, 1.807) is 0 Å². The summed E-state index contributed by atoms with van der Waals surface area (Å²) in [5.41, 5.74) is 1.22. The molecule has 0 saturated carbocycles. The van der Waals surface area contributed by atoms with Gasteiger partial charge in [0.05, 0.1) is 13.2 Å². The van der Waals surface area contributed by atoms with Gasteiger partial charge in [0.15, 0.2) is 17.5 Å². The van der Waals surface area contributed by atoms with E-state index in [1.165, 1.54) is 5.56 Å². The maximum Gasteiger partial charge on any atom is 0.231 e. The van der Waals surface area contributed by atoms with E-state index in [9.17, 15) is 0 Å². The summed E-state index contributed by atoms with van der Waals surface area (Å²) in [6.07, 6.45) is 0.897. The van der Waals surface area contributed by atoms with Gasteiger partial charge in [0.2, 0.25) is 6.79 Å². The number of morpholine rings is 1. The number of nitrogens with zero attached hydrogens (tertiary/aromatic N) is 2. The zero-order chi connectivity index (χ0) is 19.1. The summed E-state index contributed by atoms with van der Waals surface area (Å²) in [5.74, 6) is 3.07. The van der Waals surface area contributed by atoms with Gasteiger partial charge in [-0.25, -0.2) is 0 Å². The molecule has 3 rings (SSSR count). The van der Waals surface area contributed by atoms with Crippen molar-refractivity contribution in [2.75, 3.05) is 53.2 Å². The summed E-state index contributed by atoms with van der Waals surface area (Å²) in [4.78, 5) is 6.87. The van der Waals surface area contributed by atoms with Crippen molar-refractivity contribution in [3.05, 3.63) is 23.8 Å². The Morgan fingerprint density at radius 3 is 2.61 bits per heavy atom. The van der Waals surface area contributed by atoms with Gasteiger partial charge < -0.3 is 24.8 Å². The second-order valence-electron chi connectivity index (χ2n) is 7.28. The lowest BCUT2D eigenvalue weighted by Gasteiger charge is -2.37. The molecule has 1 saturated heterocycles. The molecule has 2 N–H and O–H groups in total. The van der Waals surface area contributed by atoms with E-state index in [2.05, 4.69) is 40.4 Å². The van der Waals surface area contributed by atoms with E-state index >= 15 is 0 Å². The highest BCUT2D eigenvalue weighted by Crippen LogP contribution is 2.32. The first-order chi connectivity index (χ1) is 13.2. The first-order valence-corrected chi connectivity index (χ1v) is 9.82. The number of rotatable bonds is 7. The summed E-state index contributed by atoms with van der Waals surface area (Å²) < 4.78 is 16.3. The predicted octanol–water partition coefficient (Wildman–Crippen LogP) is 2.10. The molecular weight excluding hydrogens is 471 g/mol. The van der Waals surface area contributed by atoms with E-state index in [4.69, 9.17) is 14.2 Å². The van der Waals surface area contributed by atoms with Crippen LogP contribution in [0.25, 0.3) is 0 Å². The van der Waals surface area contributed by atoms with Crippen molar-refractivity contribution < 1.29 is 14.2 Å². The molecule has 1 aromatic carbocycles. The lowest BCUT2D eigenvalue weighted by atomic mass is 10.0. The van der Waals surface area contributed by atoms with Crippen LogP contribution in [0, 0.1) is 5.92 Å². The molecule has 0 aliphatic carbocycles. The lowest BCUT2D eigenvalue weighted by molar-refractivity contribution is 0.00752. The molecule has 0 radical (unpaired) electrons. The molecule has 158 valence electrons. The topological polar surface area (TPSA) is 67.4 Å². The Hall–Kier alpha value is -1.26. The standard InChI is InChI=1S/C20H32N4O3.HI/c1-15(2)17(24-8-10-25-11-9-24)13-23-20(21-3)22-7-6-16-4-5-18-19(12-16)27-14-26-18;/h4-5,12,15,17H,6-11,13-14H2,1-3H3,(H2,21,22,23);1H. The molecule has 7 nitrogen and oxygen atoms in total. The number of hydrogen-bond acceptors (Lipinski definition) is 5. The van der Waals surface area contributed by atoms with Crippen LogP contribution in [-0.2, 0) is 11.2 Å². The summed E-state index contributed by atoms with van der Waals surface area (Å²) in [6.45, 7) is 10.2. The second kappa shape index (κ2) is 11.7. The largest absolute Gasteiger partial charge is 0.454 e. The molecule has 1 unspecified atom stereocenters. The van der Waals surface area contributed by atoms with Crippen molar-refractivity contribution in [3.63, 3.8) is 0 Å². The molecule has 2 aliphatic rings. The average Bonchev–Trinajstić information content (AvgIpc) is 3.15. The normalized spacial score (nSPS) is 17.9. The van der Waals surface area contributed by atoms with Crippen LogP contribution in [0.15, 0.2) is 23.2 Å². The molecule has 0 aromatic heterocycles. The fourth-order valence-corrected chi connectivity index (χ4v) is 3.54. The number of benzene rings is 1. The van der Waals surface area contributed by atoms with Gasteiger partial charge in [-0.05, 0) is 30.0 Å². The minimum Gasteiger partial charge on any atom is -0.454 e. The van der Waals surface area contributed by atoms with Gasteiger partial charge in [-0.1, -0.05) is 19.9 Å². The third-order valence-electron chi connectivity index (χ3n) is 5.13. The number of guanidine groups is 1. The predicted molar refractivity (Wildman–Crippen MR) is 122 cm³/mol. The minimum atomic E-state index is 0. The van der Waals surface area contributed by atoms with Gasteiger partial charge in [0, 0.05) is 39.3 Å². The quantitative estimate of drug-likeness (QED) is 0.337. The van der Waals surface area contributed by atoms with Crippen LogP contribution in [0.5, 0.6) is 11.5 Å².